The van der Waals surface area contributed by atoms with Crippen molar-refractivity contribution in [3.05, 3.63) is 23.2 Å². The van der Waals surface area contributed by atoms with Crippen molar-refractivity contribution in [2.75, 3.05) is 22.6 Å². The van der Waals surface area contributed by atoms with Crippen LogP contribution in [0.1, 0.15) is 20.3 Å². The SMILES string of the molecule is CCC(=O)Nc1ccc(Cl)c(NC(C)CS(C)(=O)=O)c1. The van der Waals surface area contributed by atoms with E-state index in [-0.39, 0.29) is 17.7 Å². The number of nitrogens with one attached hydrogen (secondary N) is 2. The molecule has 0 bridgehead atoms. The van der Waals surface area contributed by atoms with Crippen LogP contribution in [0.3, 0.4) is 0 Å². The second-order valence-corrected chi connectivity index (χ2v) is 7.33. The van der Waals surface area contributed by atoms with Crippen LogP contribution in [-0.4, -0.2) is 32.4 Å². The van der Waals surface area contributed by atoms with Crippen LogP contribution < -0.4 is 10.6 Å². The fourth-order valence-corrected chi connectivity index (χ4v) is 2.89. The lowest BCUT2D eigenvalue weighted by atomic mass is 10.2. The first-order valence-corrected chi connectivity index (χ1v) is 8.68. The van der Waals surface area contributed by atoms with Gasteiger partial charge < -0.3 is 10.6 Å². The van der Waals surface area contributed by atoms with Crippen LogP contribution in [0.5, 0.6) is 0 Å². The Kier molecular flexibility index (Phi) is 5.83. The van der Waals surface area contributed by atoms with Crippen LogP contribution in [0.2, 0.25) is 5.02 Å². The molecule has 0 fully saturated rings. The molecule has 2 N–H and O–H groups in total. The van der Waals surface area contributed by atoms with Gasteiger partial charge in [-0.2, -0.15) is 0 Å². The van der Waals surface area contributed by atoms with Gasteiger partial charge in [-0.25, -0.2) is 8.42 Å². The van der Waals surface area contributed by atoms with E-state index in [0.717, 1.165) is 0 Å². The molecule has 1 unspecified atom stereocenters. The standard InChI is InChI=1S/C13H19ClN2O3S/c1-4-13(17)16-10-5-6-11(14)12(7-10)15-9(2)8-20(3,18)19/h5-7,9,15H,4,8H2,1-3H3,(H,16,17). The first-order valence-electron chi connectivity index (χ1n) is 6.25. The molecule has 0 radical (unpaired) electrons. The highest BCUT2D eigenvalue weighted by Crippen LogP contribution is 2.26. The van der Waals surface area contributed by atoms with Crippen molar-refractivity contribution in [2.24, 2.45) is 0 Å². The summed E-state index contributed by atoms with van der Waals surface area (Å²) in [4.78, 5) is 11.3. The zero-order chi connectivity index (χ0) is 15.3. The quantitative estimate of drug-likeness (QED) is 0.845. The van der Waals surface area contributed by atoms with E-state index in [1.54, 1.807) is 32.0 Å². The van der Waals surface area contributed by atoms with Gasteiger partial charge in [0, 0.05) is 24.4 Å². The summed E-state index contributed by atoms with van der Waals surface area (Å²) in [5.74, 6) is -0.0861. The van der Waals surface area contributed by atoms with Gasteiger partial charge in [0.2, 0.25) is 5.91 Å². The average Bonchev–Trinajstić information content (AvgIpc) is 2.30. The Morgan fingerprint density at radius 2 is 2.05 bits per heavy atom. The Balaban J connectivity index is 2.83. The number of amides is 1. The van der Waals surface area contributed by atoms with Gasteiger partial charge in [-0.3, -0.25) is 4.79 Å². The minimum atomic E-state index is -3.06. The molecule has 0 aliphatic carbocycles. The molecule has 0 aliphatic rings. The number of carbonyl (C=O) groups is 1. The number of hydrogen-bond acceptors (Lipinski definition) is 4. The third kappa shape index (κ3) is 5.79. The van der Waals surface area contributed by atoms with E-state index in [1.807, 2.05) is 0 Å². The summed E-state index contributed by atoms with van der Waals surface area (Å²) in [6, 6.07) is 4.76. The lowest BCUT2D eigenvalue weighted by Crippen LogP contribution is -2.25. The fourth-order valence-electron chi connectivity index (χ4n) is 1.72. The van der Waals surface area contributed by atoms with Crippen molar-refractivity contribution < 1.29 is 13.2 Å². The van der Waals surface area contributed by atoms with Crippen LogP contribution >= 0.6 is 11.6 Å². The third-order valence-electron chi connectivity index (χ3n) is 2.53. The van der Waals surface area contributed by atoms with E-state index < -0.39 is 9.84 Å². The molecule has 1 aromatic rings. The van der Waals surface area contributed by atoms with Gasteiger partial charge in [0.25, 0.3) is 0 Å². The number of benzene rings is 1. The van der Waals surface area contributed by atoms with Gasteiger partial charge in [-0.05, 0) is 25.1 Å². The van der Waals surface area contributed by atoms with Crippen LogP contribution in [0.4, 0.5) is 11.4 Å². The van der Waals surface area contributed by atoms with Gasteiger partial charge in [0.1, 0.15) is 9.84 Å². The highest BCUT2D eigenvalue weighted by molar-refractivity contribution is 7.90. The van der Waals surface area contributed by atoms with Gasteiger partial charge in [-0.1, -0.05) is 18.5 Å². The topological polar surface area (TPSA) is 75.3 Å². The molecule has 0 saturated carbocycles. The molecule has 112 valence electrons. The van der Waals surface area contributed by atoms with Gasteiger partial charge in [-0.15, -0.1) is 0 Å². The number of hydrogen-bond donors (Lipinski definition) is 2. The van der Waals surface area contributed by atoms with Crippen LogP contribution in [0, 0.1) is 0 Å². The smallest absolute Gasteiger partial charge is 0.224 e. The Hall–Kier alpha value is -1.27. The number of sulfone groups is 1. The molecule has 1 rings (SSSR count). The Bertz CT molecular complexity index is 587. The molecular weight excluding hydrogens is 300 g/mol. The lowest BCUT2D eigenvalue weighted by molar-refractivity contribution is -0.115. The molecule has 1 amide bonds. The molecule has 0 aliphatic heterocycles. The number of anilines is 2. The van der Waals surface area contributed by atoms with Crippen molar-refractivity contribution in [3.63, 3.8) is 0 Å². The van der Waals surface area contributed by atoms with E-state index >= 15 is 0 Å². The first-order chi connectivity index (χ1) is 9.21. The second kappa shape index (κ2) is 6.95. The Morgan fingerprint density at radius 3 is 2.60 bits per heavy atom. The molecule has 5 nitrogen and oxygen atoms in total. The molecule has 20 heavy (non-hydrogen) atoms. The molecular formula is C13H19ClN2O3S. The van der Waals surface area contributed by atoms with Crippen LogP contribution in [-0.2, 0) is 14.6 Å². The maximum absolute atomic E-state index is 11.3. The predicted octanol–water partition coefficient (Wildman–Crippen LogP) is 2.53. The second-order valence-electron chi connectivity index (χ2n) is 4.73. The predicted molar refractivity (Wildman–Crippen MR) is 83.2 cm³/mol. The van der Waals surface area contributed by atoms with Crippen molar-refractivity contribution in [1.29, 1.82) is 0 Å². The summed E-state index contributed by atoms with van der Waals surface area (Å²) in [6.07, 6.45) is 1.57. The average molecular weight is 319 g/mol. The van der Waals surface area contributed by atoms with Crippen LogP contribution in [0.15, 0.2) is 18.2 Å². The zero-order valence-electron chi connectivity index (χ0n) is 11.7. The van der Waals surface area contributed by atoms with E-state index in [1.165, 1.54) is 6.26 Å². The third-order valence-corrected chi connectivity index (χ3v) is 3.96. The van der Waals surface area contributed by atoms with Crippen molar-refractivity contribution in [3.8, 4) is 0 Å². The van der Waals surface area contributed by atoms with Gasteiger partial charge in [0.15, 0.2) is 0 Å². The zero-order valence-corrected chi connectivity index (χ0v) is 13.3. The summed E-state index contributed by atoms with van der Waals surface area (Å²) in [6.45, 7) is 3.52. The van der Waals surface area contributed by atoms with Gasteiger partial charge in [0.05, 0.1) is 16.5 Å². The molecule has 0 heterocycles. The van der Waals surface area contributed by atoms with Crippen molar-refractivity contribution in [1.82, 2.24) is 0 Å². The van der Waals surface area contributed by atoms with Crippen molar-refractivity contribution in [2.45, 2.75) is 26.3 Å². The molecule has 1 aromatic carbocycles. The molecule has 0 aromatic heterocycles. The maximum atomic E-state index is 11.3. The highest BCUT2D eigenvalue weighted by atomic mass is 35.5. The minimum absolute atomic E-state index is 0.00881. The molecule has 0 spiro atoms. The molecule has 1 atom stereocenters. The van der Waals surface area contributed by atoms with Crippen LogP contribution in [0.25, 0.3) is 0 Å². The van der Waals surface area contributed by atoms with E-state index in [4.69, 9.17) is 11.6 Å². The Morgan fingerprint density at radius 1 is 1.40 bits per heavy atom. The summed E-state index contributed by atoms with van der Waals surface area (Å²) >= 11 is 6.06. The minimum Gasteiger partial charge on any atom is -0.380 e. The summed E-state index contributed by atoms with van der Waals surface area (Å²) in [5.41, 5.74) is 1.21. The van der Waals surface area contributed by atoms with E-state index in [2.05, 4.69) is 10.6 Å². The van der Waals surface area contributed by atoms with Gasteiger partial charge >= 0.3 is 0 Å². The molecule has 0 saturated heterocycles. The normalized spacial score (nSPS) is 12.8. The summed E-state index contributed by atoms with van der Waals surface area (Å²) < 4.78 is 22.5. The van der Waals surface area contributed by atoms with Crippen molar-refractivity contribution >= 4 is 38.7 Å². The molecule has 7 heteroatoms. The largest absolute Gasteiger partial charge is 0.380 e. The maximum Gasteiger partial charge on any atom is 0.224 e. The lowest BCUT2D eigenvalue weighted by Gasteiger charge is -2.16. The summed E-state index contributed by atoms with van der Waals surface area (Å²) in [5, 5.41) is 6.23. The monoisotopic (exact) mass is 318 g/mol. The number of halogens is 1. The summed E-state index contributed by atoms with van der Waals surface area (Å²) in [7, 11) is -3.06. The Labute approximate surface area is 124 Å². The van der Waals surface area contributed by atoms with E-state index in [0.29, 0.717) is 22.8 Å². The van der Waals surface area contributed by atoms with E-state index in [9.17, 15) is 13.2 Å². The number of rotatable bonds is 6. The fraction of sp³-hybridized carbons (Fsp3) is 0.462. The number of carbonyl (C=O) groups excluding carboxylic acids is 1. The highest BCUT2D eigenvalue weighted by Gasteiger charge is 2.12. The first kappa shape index (κ1) is 16.8.